The van der Waals surface area contributed by atoms with Gasteiger partial charge in [-0.05, 0) is 48.7 Å². The summed E-state index contributed by atoms with van der Waals surface area (Å²) in [6.07, 6.45) is 0.00859. The summed E-state index contributed by atoms with van der Waals surface area (Å²) in [5, 5.41) is 29.8. The van der Waals surface area contributed by atoms with Crippen LogP contribution in [0.5, 0.6) is 11.5 Å². The molecule has 1 aliphatic rings. The number of carboxylic acid groups (broad SMARTS) is 1. The SMILES string of the molecule is CC1CC(O)N(Cc2cc(F)c(C(=O)O)cc2Oc2ccc(-c3nnc(C(C)C)s3)cc2)C1. The van der Waals surface area contributed by atoms with Crippen LogP contribution < -0.4 is 4.74 Å². The van der Waals surface area contributed by atoms with E-state index in [4.69, 9.17) is 4.74 Å². The van der Waals surface area contributed by atoms with Crippen LogP contribution in [0, 0.1) is 11.7 Å². The van der Waals surface area contributed by atoms with E-state index in [1.165, 1.54) is 23.5 Å². The third-order valence-corrected chi connectivity index (χ3v) is 6.87. The van der Waals surface area contributed by atoms with Crippen molar-refractivity contribution < 1.29 is 24.1 Å². The highest BCUT2D eigenvalue weighted by molar-refractivity contribution is 7.14. The summed E-state index contributed by atoms with van der Waals surface area (Å²) in [5.74, 6) is -0.864. The van der Waals surface area contributed by atoms with Gasteiger partial charge in [-0.15, -0.1) is 10.2 Å². The summed E-state index contributed by atoms with van der Waals surface area (Å²) in [5.41, 5.74) is 0.905. The van der Waals surface area contributed by atoms with Gasteiger partial charge in [0.15, 0.2) is 0 Å². The van der Waals surface area contributed by atoms with E-state index in [0.717, 1.165) is 15.6 Å². The summed E-state index contributed by atoms with van der Waals surface area (Å²) >= 11 is 1.53. The van der Waals surface area contributed by atoms with Crippen molar-refractivity contribution in [2.75, 3.05) is 6.54 Å². The van der Waals surface area contributed by atoms with Crippen molar-refractivity contribution in [2.24, 2.45) is 5.92 Å². The lowest BCUT2D eigenvalue weighted by molar-refractivity contribution is 0.0323. The molecule has 2 atom stereocenters. The number of hydrogen-bond acceptors (Lipinski definition) is 7. The van der Waals surface area contributed by atoms with E-state index >= 15 is 0 Å². The fourth-order valence-electron chi connectivity index (χ4n) is 3.85. The molecule has 2 unspecified atom stereocenters. The topological polar surface area (TPSA) is 95.8 Å². The van der Waals surface area contributed by atoms with Gasteiger partial charge in [0, 0.05) is 30.1 Å². The molecular weight excluding hydrogens is 445 g/mol. The maximum Gasteiger partial charge on any atom is 0.338 e. The van der Waals surface area contributed by atoms with Gasteiger partial charge >= 0.3 is 5.97 Å². The van der Waals surface area contributed by atoms with Crippen molar-refractivity contribution in [2.45, 2.75) is 45.9 Å². The second-order valence-electron chi connectivity index (χ2n) is 8.72. The van der Waals surface area contributed by atoms with Crippen molar-refractivity contribution >= 4 is 17.3 Å². The highest BCUT2D eigenvalue weighted by Crippen LogP contribution is 2.34. The van der Waals surface area contributed by atoms with Gasteiger partial charge in [-0.2, -0.15) is 0 Å². The number of halogens is 1. The number of aliphatic hydroxyl groups excluding tert-OH is 1. The number of likely N-dealkylation sites (tertiary alicyclic amines) is 1. The maximum absolute atomic E-state index is 14.4. The van der Waals surface area contributed by atoms with Crippen LogP contribution in [0.2, 0.25) is 0 Å². The molecule has 0 spiro atoms. The number of ether oxygens (including phenoxy) is 1. The number of aliphatic hydroxyl groups is 1. The van der Waals surface area contributed by atoms with Gasteiger partial charge in [-0.3, -0.25) is 4.90 Å². The number of carbonyl (C=O) groups is 1. The Labute approximate surface area is 195 Å². The van der Waals surface area contributed by atoms with Gasteiger partial charge in [-0.25, -0.2) is 9.18 Å². The third kappa shape index (κ3) is 5.21. The normalized spacial score (nSPS) is 18.7. The molecule has 0 aliphatic carbocycles. The number of aromatic nitrogens is 2. The first-order chi connectivity index (χ1) is 15.7. The average Bonchev–Trinajstić information content (AvgIpc) is 3.37. The lowest BCUT2D eigenvalue weighted by Gasteiger charge is -2.22. The van der Waals surface area contributed by atoms with E-state index in [2.05, 4.69) is 24.0 Å². The summed E-state index contributed by atoms with van der Waals surface area (Å²) in [7, 11) is 0. The highest BCUT2D eigenvalue weighted by Gasteiger charge is 2.29. The van der Waals surface area contributed by atoms with Crippen LogP contribution in [0.25, 0.3) is 10.6 Å². The molecule has 0 radical (unpaired) electrons. The zero-order chi connectivity index (χ0) is 23.7. The Morgan fingerprint density at radius 1 is 1.27 bits per heavy atom. The first kappa shape index (κ1) is 23.3. The van der Waals surface area contributed by atoms with E-state index < -0.39 is 23.6 Å². The molecule has 7 nitrogen and oxygen atoms in total. The molecule has 4 rings (SSSR count). The summed E-state index contributed by atoms with van der Waals surface area (Å²) in [6, 6.07) is 9.60. The molecule has 174 valence electrons. The first-order valence-electron chi connectivity index (χ1n) is 10.8. The van der Waals surface area contributed by atoms with Gasteiger partial charge in [0.1, 0.15) is 33.6 Å². The minimum absolute atomic E-state index is 0.242. The molecule has 33 heavy (non-hydrogen) atoms. The zero-order valence-corrected chi connectivity index (χ0v) is 19.5. The lowest BCUT2D eigenvalue weighted by Crippen LogP contribution is -2.28. The Bertz CT molecular complexity index is 1150. The number of hydrogen-bond donors (Lipinski definition) is 2. The Kier molecular flexibility index (Phi) is 6.73. The molecule has 0 bridgehead atoms. The second kappa shape index (κ2) is 9.54. The van der Waals surface area contributed by atoms with Gasteiger partial charge in [-0.1, -0.05) is 32.1 Å². The smallest absolute Gasteiger partial charge is 0.338 e. The Morgan fingerprint density at radius 3 is 2.58 bits per heavy atom. The van der Waals surface area contributed by atoms with Gasteiger partial charge in [0.2, 0.25) is 0 Å². The fraction of sp³-hybridized carbons (Fsp3) is 0.375. The molecule has 0 saturated carbocycles. The predicted molar refractivity (Wildman–Crippen MR) is 123 cm³/mol. The Hall–Kier alpha value is -2.88. The standard InChI is InChI=1S/C24H26FN3O4S/c1-13(2)22-26-27-23(33-22)15-4-6-17(7-5-15)32-20-10-18(24(30)31)19(25)9-16(20)12-28-11-14(3)8-21(28)29/h4-7,9-10,13-14,21,29H,8,11-12H2,1-3H3,(H,30,31). The van der Waals surface area contributed by atoms with Crippen LogP contribution in [-0.2, 0) is 6.54 Å². The third-order valence-electron chi connectivity index (χ3n) is 5.60. The number of nitrogens with zero attached hydrogens (tertiary/aromatic N) is 3. The molecule has 1 saturated heterocycles. The predicted octanol–water partition coefficient (Wildman–Crippen LogP) is 5.12. The fourth-order valence-corrected chi connectivity index (χ4v) is 4.70. The molecule has 1 fully saturated rings. The van der Waals surface area contributed by atoms with Gasteiger partial charge in [0.05, 0.1) is 5.56 Å². The van der Waals surface area contributed by atoms with Crippen LogP contribution in [0.3, 0.4) is 0 Å². The van der Waals surface area contributed by atoms with Crippen LogP contribution >= 0.6 is 11.3 Å². The number of benzene rings is 2. The minimum Gasteiger partial charge on any atom is -0.478 e. The van der Waals surface area contributed by atoms with E-state index in [-0.39, 0.29) is 12.3 Å². The van der Waals surface area contributed by atoms with Gasteiger partial charge in [0.25, 0.3) is 0 Å². The zero-order valence-electron chi connectivity index (χ0n) is 18.7. The average molecular weight is 472 g/mol. The summed E-state index contributed by atoms with van der Waals surface area (Å²) in [4.78, 5) is 13.3. The lowest BCUT2D eigenvalue weighted by atomic mass is 10.1. The molecule has 1 aromatic heterocycles. The van der Waals surface area contributed by atoms with E-state index in [1.807, 2.05) is 24.0 Å². The molecule has 3 aromatic rings. The van der Waals surface area contributed by atoms with E-state index in [0.29, 0.717) is 36.1 Å². The van der Waals surface area contributed by atoms with E-state index in [1.54, 1.807) is 12.1 Å². The maximum atomic E-state index is 14.4. The highest BCUT2D eigenvalue weighted by atomic mass is 32.1. The quantitative estimate of drug-likeness (QED) is 0.494. The molecule has 2 heterocycles. The Morgan fingerprint density at radius 2 is 2.00 bits per heavy atom. The molecule has 2 N–H and O–H groups in total. The van der Waals surface area contributed by atoms with Crippen molar-refractivity contribution in [1.82, 2.24) is 15.1 Å². The molecule has 2 aromatic carbocycles. The monoisotopic (exact) mass is 471 g/mol. The van der Waals surface area contributed by atoms with Crippen molar-refractivity contribution in [3.63, 3.8) is 0 Å². The van der Waals surface area contributed by atoms with Crippen molar-refractivity contribution in [3.8, 4) is 22.1 Å². The number of rotatable bonds is 7. The Balaban J connectivity index is 1.60. The largest absolute Gasteiger partial charge is 0.478 e. The summed E-state index contributed by atoms with van der Waals surface area (Å²) < 4.78 is 20.4. The van der Waals surface area contributed by atoms with Crippen LogP contribution in [0.15, 0.2) is 36.4 Å². The number of carboxylic acids is 1. The molecule has 0 amide bonds. The molecule has 9 heteroatoms. The van der Waals surface area contributed by atoms with Crippen molar-refractivity contribution in [3.05, 3.63) is 58.3 Å². The van der Waals surface area contributed by atoms with Crippen LogP contribution in [-0.4, -0.2) is 44.1 Å². The molecule has 1 aliphatic heterocycles. The first-order valence-corrected chi connectivity index (χ1v) is 11.6. The van der Waals surface area contributed by atoms with E-state index in [9.17, 15) is 19.4 Å². The van der Waals surface area contributed by atoms with Crippen molar-refractivity contribution in [1.29, 1.82) is 0 Å². The second-order valence-corrected chi connectivity index (χ2v) is 9.73. The van der Waals surface area contributed by atoms with Gasteiger partial charge < -0.3 is 14.9 Å². The van der Waals surface area contributed by atoms with Crippen LogP contribution in [0.4, 0.5) is 4.39 Å². The number of aromatic carboxylic acids is 1. The summed E-state index contributed by atoms with van der Waals surface area (Å²) in [6.45, 7) is 7.08. The van der Waals surface area contributed by atoms with Crippen LogP contribution in [0.1, 0.15) is 54.0 Å². The molecular formula is C24H26FN3O4S. The minimum atomic E-state index is -1.37.